The van der Waals surface area contributed by atoms with Gasteiger partial charge in [-0.1, -0.05) is 71.7 Å². The van der Waals surface area contributed by atoms with Crippen LogP contribution in [0.5, 0.6) is 5.75 Å². The van der Waals surface area contributed by atoms with E-state index in [0.717, 1.165) is 65.0 Å². The molecule has 80 heavy (non-hydrogen) atoms. The van der Waals surface area contributed by atoms with E-state index in [2.05, 4.69) is 50.4 Å². The Labute approximate surface area is 499 Å². The van der Waals surface area contributed by atoms with Gasteiger partial charge < -0.3 is 65.9 Å². The molecule has 1 atom stereocenters. The predicted molar refractivity (Wildman–Crippen MR) is 313 cm³/mol. The van der Waals surface area contributed by atoms with Crippen LogP contribution in [0.1, 0.15) is 126 Å². The molecule has 3 fully saturated rings. The minimum absolute atomic E-state index is 0. The van der Waals surface area contributed by atoms with Gasteiger partial charge in [0.1, 0.15) is 5.75 Å². The number of carbonyl (C=O) groups is 6. The van der Waals surface area contributed by atoms with Crippen LogP contribution >= 0.6 is 12.4 Å². The number of halogens is 1. The Morgan fingerprint density at radius 2 is 1.14 bits per heavy atom. The molecule has 0 unspecified atom stereocenters. The number of likely N-dealkylation sites (tertiary alicyclic amines) is 2. The Kier molecular flexibility index (Phi) is 46.1. The Morgan fingerprint density at radius 1 is 0.713 bits per heavy atom. The minimum atomic E-state index is -1.18. The zero-order chi connectivity index (χ0) is 56.3. The first kappa shape index (κ1) is 78.5. The first-order valence-electron chi connectivity index (χ1n) is 27.0. The number of aliphatic carboxylic acids is 1. The molecule has 0 saturated carbocycles. The number of piperidine rings is 3. The summed E-state index contributed by atoms with van der Waals surface area (Å²) in [5.41, 5.74) is 5.25. The number of ether oxygens (including phenoxy) is 1. The maximum Gasteiger partial charge on any atom is 1.00 e. The molecule has 3 aliphatic heterocycles. The molecular formula is C55H101ClLiN13O10. The van der Waals surface area contributed by atoms with E-state index in [1.165, 1.54) is 31.2 Å². The number of non-ortho nitro benzene ring substituents is 1. The fraction of sp³-hybridized carbons (Fsp3) is 0.673. The van der Waals surface area contributed by atoms with Crippen molar-refractivity contribution in [3.63, 3.8) is 0 Å². The molecule has 5 heterocycles. The number of hydrogen-bond donors (Lipinski definition) is 6. The molecule has 3 aromatic rings. The van der Waals surface area contributed by atoms with Gasteiger partial charge >= 0.3 is 31.0 Å². The first-order chi connectivity index (χ1) is 36.4. The van der Waals surface area contributed by atoms with Crippen LogP contribution < -0.4 is 61.0 Å². The van der Waals surface area contributed by atoms with Gasteiger partial charge in [-0.25, -0.2) is 19.6 Å². The van der Waals surface area contributed by atoms with Crippen LogP contribution in [0.4, 0.5) is 15.3 Å². The van der Waals surface area contributed by atoms with Crippen LogP contribution in [0.15, 0.2) is 61.7 Å². The summed E-state index contributed by atoms with van der Waals surface area (Å²) < 4.78 is 21.0. The third-order valence-corrected chi connectivity index (χ3v) is 12.2. The molecule has 2 aromatic heterocycles. The second kappa shape index (κ2) is 47.0. The van der Waals surface area contributed by atoms with Crippen LogP contribution in [0, 0.1) is 45.6 Å². The Balaban J connectivity index is -0.000000327. The maximum atomic E-state index is 12.1. The molecule has 1 aromatic carbocycles. The van der Waals surface area contributed by atoms with E-state index >= 15 is 0 Å². The van der Waals surface area contributed by atoms with Crippen molar-refractivity contribution in [2.24, 2.45) is 41.2 Å². The van der Waals surface area contributed by atoms with Crippen LogP contribution in [0.25, 0.3) is 0 Å². The summed E-state index contributed by atoms with van der Waals surface area (Å²) >= 11 is 0. The van der Waals surface area contributed by atoms with Gasteiger partial charge in [0.05, 0.1) is 17.6 Å². The molecule has 7 N–H and O–H groups in total. The van der Waals surface area contributed by atoms with Crippen molar-refractivity contribution < 1.29 is 65.1 Å². The number of benzene rings is 1. The van der Waals surface area contributed by atoms with Gasteiger partial charge in [-0.3, -0.25) is 24.5 Å². The average molecular weight is 1150 g/mol. The van der Waals surface area contributed by atoms with E-state index in [-0.39, 0.29) is 128 Å². The fourth-order valence-corrected chi connectivity index (χ4v) is 7.61. The molecule has 25 heteroatoms. The third kappa shape index (κ3) is 33.8. The number of carboxylic acids is 1. The normalized spacial score (nSPS) is 14.4. The fourth-order valence-electron chi connectivity index (χ4n) is 7.61. The summed E-state index contributed by atoms with van der Waals surface area (Å²) in [4.78, 5) is 91.9. The summed E-state index contributed by atoms with van der Waals surface area (Å²) in [6.45, 7) is 18.3. The van der Waals surface area contributed by atoms with E-state index in [4.69, 9.17) is 13.2 Å². The zero-order valence-corrected chi connectivity index (χ0v) is 46.3. The number of hydrogen-bond acceptors (Lipinski definition) is 14. The molecule has 6 rings (SSSR count). The van der Waals surface area contributed by atoms with Crippen molar-refractivity contribution in [2.45, 2.75) is 136 Å². The van der Waals surface area contributed by atoms with Crippen molar-refractivity contribution in [1.82, 2.24) is 55.5 Å². The third-order valence-electron chi connectivity index (χ3n) is 12.2. The van der Waals surface area contributed by atoms with Crippen LogP contribution in [-0.4, -0.2) is 142 Å². The molecule has 6 amide bonds. The summed E-state index contributed by atoms with van der Waals surface area (Å²) in [6.07, 6.45) is 16.5. The SMILES string of the molecule is C.C.C.C.CC(C)CNC(=O)C1CCN(C(=O)Oc2ccc([N+](=O)[O-])cc2)CC1.CC(C)CNC(=O)C1CCNCC1.C[C@@H](CNC(=O)C1CCN(C(=O)NCCCn2ccnc2)CC1)C(=O)[O-].Cl.NCCCn1ccnc1.[2H]C[2H].[Li+]. The monoisotopic (exact) mass is 1150 g/mol. The maximum absolute atomic E-state index is 12.1. The van der Waals surface area contributed by atoms with Gasteiger partial charge in [-0.05, 0) is 95.0 Å². The standard InChI is InChI=1S/C17H27N5O4.C17H23N3O5.C10H20N2O.C6H11N3.5CH4.ClH.Li/c1-13(16(24)25)11-20-15(23)14-3-8-22(9-4-14)17(26)19-5-2-7-21-10-6-18-12-21;1-12(2)11-18-16(21)13-7-9-19(10-8-13)17(22)25-15-5-3-14(4-6-15)20(23)24;1-8(2)7-12-10(13)9-3-5-11-6-4-9;7-2-1-4-9-5-3-8-6-9;;;;;;;/h6,10,12-14H,2-5,7-9,11H2,1H3,(H,19,26)(H,20,23)(H,24,25);3-6,12-13H,7-11H2,1-2H3,(H,18,21);8-9,11H,3-7H2,1-2H3,(H,12,13);3,5-6H,1-2,4,7H2;5*1H4;1H;/q;;;;;;;;;;+1/p-1/t13-;;;;;;;;;;/m0........../s1/i;;;;1D2;;;;;;. The average Bonchev–Trinajstić information content (AvgIpc) is 4.17. The molecule has 0 bridgehead atoms. The number of carboxylic acid groups (broad SMARTS) is 1. The Hall–Kier alpha value is -5.73. The summed E-state index contributed by atoms with van der Waals surface area (Å²) in [5.74, 6) is -0.571. The van der Waals surface area contributed by atoms with Gasteiger partial charge in [0.2, 0.25) is 17.7 Å². The van der Waals surface area contributed by atoms with E-state index < -0.39 is 22.9 Å². The minimum Gasteiger partial charge on any atom is -0.550 e. The predicted octanol–water partition coefficient (Wildman–Crippen LogP) is 3.37. The van der Waals surface area contributed by atoms with E-state index in [1.807, 2.05) is 35.4 Å². The van der Waals surface area contributed by atoms with Gasteiger partial charge in [-0.15, -0.1) is 12.4 Å². The van der Waals surface area contributed by atoms with Crippen molar-refractivity contribution in [1.29, 1.82) is 0 Å². The smallest absolute Gasteiger partial charge is 0.550 e. The van der Waals surface area contributed by atoms with Gasteiger partial charge in [-0.2, -0.15) is 0 Å². The molecule has 23 nitrogen and oxygen atoms in total. The number of urea groups is 1. The second-order valence-electron chi connectivity index (χ2n) is 19.2. The topological polar surface area (TPSA) is 306 Å². The van der Waals surface area contributed by atoms with E-state index in [1.54, 1.807) is 34.8 Å². The number of nitro benzene ring substituents is 1. The molecule has 0 spiro atoms. The number of nitrogens with two attached hydrogens (primary N) is 1. The zero-order valence-electron chi connectivity index (χ0n) is 47.5. The molecule has 454 valence electrons. The summed E-state index contributed by atoms with van der Waals surface area (Å²) in [7, 11) is -0.250. The quantitative estimate of drug-likeness (QED) is 0.0434. The van der Waals surface area contributed by atoms with Gasteiger partial charge in [0.15, 0.2) is 0 Å². The van der Waals surface area contributed by atoms with Crippen LogP contribution in [0.2, 0.25) is 0 Å². The number of nitro groups is 1. The molecule has 0 aliphatic carbocycles. The molecule has 3 aliphatic rings. The number of rotatable bonds is 19. The van der Waals surface area contributed by atoms with Crippen molar-refractivity contribution in [3.05, 3.63) is 71.8 Å². The Bertz CT molecular complexity index is 2120. The molecular weight excluding hydrogens is 1050 g/mol. The number of imidazole rings is 2. The van der Waals surface area contributed by atoms with Crippen LogP contribution in [-0.2, 0) is 32.3 Å². The summed E-state index contributed by atoms with van der Waals surface area (Å²) in [6, 6.07) is 5.24. The number of nitrogens with zero attached hydrogens (tertiary/aromatic N) is 7. The van der Waals surface area contributed by atoms with Crippen molar-refractivity contribution >= 4 is 53.9 Å². The first-order valence-corrected chi connectivity index (χ1v) is 25.6. The number of carbonyl (C=O) groups excluding carboxylic acids is 6. The van der Waals surface area contributed by atoms with E-state index in [0.29, 0.717) is 76.8 Å². The van der Waals surface area contributed by atoms with Crippen molar-refractivity contribution in [2.75, 3.05) is 72.0 Å². The number of aromatic nitrogens is 4. The van der Waals surface area contributed by atoms with Gasteiger partial charge in [0, 0.05) is 135 Å². The van der Waals surface area contributed by atoms with Crippen LogP contribution in [0.3, 0.4) is 0 Å². The second-order valence-corrected chi connectivity index (χ2v) is 19.2. The number of aryl methyl sites for hydroxylation is 2. The number of nitrogens with one attached hydrogen (secondary N) is 5. The largest absolute Gasteiger partial charge is 1.00 e. The Morgan fingerprint density at radius 3 is 1.54 bits per heavy atom. The van der Waals surface area contributed by atoms with Gasteiger partial charge in [0.25, 0.3) is 5.69 Å². The van der Waals surface area contributed by atoms with E-state index in [9.17, 15) is 44.0 Å². The number of amides is 6. The summed E-state index contributed by atoms with van der Waals surface area (Å²) in [5, 5.41) is 36.0. The molecule has 0 radical (unpaired) electrons. The van der Waals surface area contributed by atoms with Crippen molar-refractivity contribution in [3.8, 4) is 5.75 Å². The molecule has 3 saturated heterocycles.